The number of nitrogens with zero attached hydrogens (tertiary/aromatic N) is 2. The summed E-state index contributed by atoms with van der Waals surface area (Å²) in [5.41, 5.74) is 0. The summed E-state index contributed by atoms with van der Waals surface area (Å²) in [6, 6.07) is 1.38. The van der Waals surface area contributed by atoms with Crippen LogP contribution in [-0.2, 0) is 0 Å². The highest BCUT2D eigenvalue weighted by atomic mass is 127. The Bertz CT molecular complexity index is 241. The van der Waals surface area contributed by atoms with Gasteiger partial charge in [0.05, 0.1) is 0 Å². The molecule has 0 aromatic rings. The Hall–Kier alpha value is -0.0400. The second-order valence-electron chi connectivity index (χ2n) is 4.98. The van der Waals surface area contributed by atoms with E-state index in [-0.39, 0.29) is 24.0 Å². The molecule has 2 N–H and O–H groups in total. The van der Waals surface area contributed by atoms with Crippen molar-refractivity contribution >= 4 is 29.9 Å². The fourth-order valence-corrected chi connectivity index (χ4v) is 1.83. The van der Waals surface area contributed by atoms with Crippen molar-refractivity contribution in [3.05, 3.63) is 0 Å². The second-order valence-corrected chi connectivity index (χ2v) is 4.98. The molecule has 0 heterocycles. The van der Waals surface area contributed by atoms with Crippen LogP contribution in [0.1, 0.15) is 39.5 Å². The van der Waals surface area contributed by atoms with Crippen LogP contribution in [0.4, 0.5) is 0 Å². The van der Waals surface area contributed by atoms with Gasteiger partial charge in [-0.2, -0.15) is 0 Å². The van der Waals surface area contributed by atoms with Gasteiger partial charge in [-0.25, -0.2) is 0 Å². The lowest BCUT2D eigenvalue weighted by molar-refractivity contribution is 0.247. The van der Waals surface area contributed by atoms with Gasteiger partial charge in [-0.05, 0) is 33.2 Å². The first kappa shape index (κ1) is 18.0. The van der Waals surface area contributed by atoms with Crippen molar-refractivity contribution < 1.29 is 0 Å². The molecule has 1 unspecified atom stereocenters. The van der Waals surface area contributed by atoms with E-state index >= 15 is 0 Å². The lowest BCUT2D eigenvalue weighted by atomic mass is 10.3. The van der Waals surface area contributed by atoms with E-state index in [1.807, 2.05) is 7.05 Å². The highest BCUT2D eigenvalue weighted by Gasteiger charge is 2.28. The van der Waals surface area contributed by atoms with E-state index in [0.717, 1.165) is 25.1 Å². The fraction of sp³-hybridized carbons (Fsp3) is 0.923. The van der Waals surface area contributed by atoms with Gasteiger partial charge in [-0.15, -0.1) is 24.0 Å². The first-order valence-corrected chi connectivity index (χ1v) is 6.85. The van der Waals surface area contributed by atoms with Crippen LogP contribution in [0.5, 0.6) is 0 Å². The van der Waals surface area contributed by atoms with Gasteiger partial charge >= 0.3 is 0 Å². The monoisotopic (exact) mass is 368 g/mol. The van der Waals surface area contributed by atoms with Gasteiger partial charge in [0.2, 0.25) is 0 Å². The molecule has 0 spiro atoms. The van der Waals surface area contributed by atoms with Gasteiger partial charge in [-0.1, -0.05) is 13.3 Å². The Morgan fingerprint density at radius 2 is 2.06 bits per heavy atom. The Morgan fingerprint density at radius 1 is 1.39 bits per heavy atom. The van der Waals surface area contributed by atoms with Gasteiger partial charge in [0.1, 0.15) is 0 Å². The molecule has 0 amide bonds. The third-order valence-electron chi connectivity index (χ3n) is 3.43. The molecule has 108 valence electrons. The molecule has 0 aromatic carbocycles. The molecule has 0 bridgehead atoms. The lowest BCUT2D eigenvalue weighted by Gasteiger charge is -2.25. The van der Waals surface area contributed by atoms with Crippen LogP contribution in [-0.4, -0.2) is 50.1 Å². The Labute approximate surface area is 129 Å². The molecule has 1 fully saturated rings. The van der Waals surface area contributed by atoms with E-state index in [1.54, 1.807) is 0 Å². The Balaban J connectivity index is 0.00000289. The summed E-state index contributed by atoms with van der Waals surface area (Å²) in [5, 5.41) is 6.72. The standard InChI is InChI=1S/C13H28N4.HI/c1-5-6-9-15-13(14-3)16-10-11(2)17(4)12-7-8-12;/h11-12H,5-10H2,1-4H3,(H2,14,15,16);1H. The maximum absolute atomic E-state index is 4.23. The summed E-state index contributed by atoms with van der Waals surface area (Å²) in [6.45, 7) is 6.43. The highest BCUT2D eigenvalue weighted by molar-refractivity contribution is 14.0. The molecule has 1 atom stereocenters. The van der Waals surface area contributed by atoms with Crippen molar-refractivity contribution in [1.82, 2.24) is 15.5 Å². The number of rotatable bonds is 7. The van der Waals surface area contributed by atoms with E-state index in [1.165, 1.54) is 25.7 Å². The molecular weight excluding hydrogens is 339 g/mol. The summed E-state index contributed by atoms with van der Waals surface area (Å²) < 4.78 is 0. The highest BCUT2D eigenvalue weighted by Crippen LogP contribution is 2.26. The van der Waals surface area contributed by atoms with E-state index < -0.39 is 0 Å². The van der Waals surface area contributed by atoms with Crippen LogP contribution >= 0.6 is 24.0 Å². The zero-order chi connectivity index (χ0) is 12.7. The fourth-order valence-electron chi connectivity index (χ4n) is 1.83. The van der Waals surface area contributed by atoms with Crippen LogP contribution in [0.15, 0.2) is 4.99 Å². The van der Waals surface area contributed by atoms with E-state index in [9.17, 15) is 0 Å². The van der Waals surface area contributed by atoms with Gasteiger partial charge in [0.15, 0.2) is 5.96 Å². The zero-order valence-corrected chi connectivity index (χ0v) is 14.5. The van der Waals surface area contributed by atoms with Crippen LogP contribution in [0.3, 0.4) is 0 Å². The summed E-state index contributed by atoms with van der Waals surface area (Å²) in [6.07, 6.45) is 5.14. The van der Waals surface area contributed by atoms with Gasteiger partial charge in [0.25, 0.3) is 0 Å². The van der Waals surface area contributed by atoms with Gasteiger partial charge in [0, 0.05) is 32.2 Å². The molecule has 0 radical (unpaired) electrons. The number of likely N-dealkylation sites (N-methyl/N-ethyl adjacent to an activating group) is 1. The normalized spacial score (nSPS) is 17.3. The van der Waals surface area contributed by atoms with Gasteiger partial charge in [-0.3, -0.25) is 9.89 Å². The molecule has 18 heavy (non-hydrogen) atoms. The number of nitrogens with one attached hydrogen (secondary N) is 2. The number of unbranched alkanes of at least 4 members (excludes halogenated alkanes) is 1. The third-order valence-corrected chi connectivity index (χ3v) is 3.43. The molecule has 1 aliphatic rings. The van der Waals surface area contributed by atoms with Crippen molar-refractivity contribution in [2.24, 2.45) is 4.99 Å². The first-order chi connectivity index (χ1) is 8.19. The second kappa shape index (κ2) is 9.83. The summed E-state index contributed by atoms with van der Waals surface area (Å²) >= 11 is 0. The zero-order valence-electron chi connectivity index (χ0n) is 12.2. The van der Waals surface area contributed by atoms with Crippen LogP contribution in [0.2, 0.25) is 0 Å². The Kier molecular flexibility index (Phi) is 9.81. The molecule has 5 heteroatoms. The minimum atomic E-state index is 0. The largest absolute Gasteiger partial charge is 0.356 e. The third kappa shape index (κ3) is 6.78. The smallest absolute Gasteiger partial charge is 0.191 e. The van der Waals surface area contributed by atoms with Crippen molar-refractivity contribution in [2.45, 2.75) is 51.6 Å². The van der Waals surface area contributed by atoms with Crippen molar-refractivity contribution in [2.75, 3.05) is 27.2 Å². The quantitative estimate of drug-likeness (QED) is 0.313. The van der Waals surface area contributed by atoms with E-state index in [4.69, 9.17) is 0 Å². The minimum Gasteiger partial charge on any atom is -0.356 e. The lowest BCUT2D eigenvalue weighted by Crippen LogP contribution is -2.45. The number of hydrogen-bond donors (Lipinski definition) is 2. The predicted molar refractivity (Wildman–Crippen MR) is 89.9 cm³/mol. The molecular formula is C13H29IN4. The Morgan fingerprint density at radius 3 is 2.56 bits per heavy atom. The molecule has 0 saturated heterocycles. The average Bonchev–Trinajstić information content (AvgIpc) is 3.16. The maximum Gasteiger partial charge on any atom is 0.191 e. The molecule has 4 nitrogen and oxygen atoms in total. The maximum atomic E-state index is 4.23. The summed E-state index contributed by atoms with van der Waals surface area (Å²) in [4.78, 5) is 6.69. The SMILES string of the molecule is CCCCNC(=NC)NCC(C)N(C)C1CC1.I. The van der Waals surface area contributed by atoms with Crippen LogP contribution < -0.4 is 10.6 Å². The number of guanidine groups is 1. The molecule has 1 aliphatic carbocycles. The summed E-state index contributed by atoms with van der Waals surface area (Å²) in [5.74, 6) is 0.925. The molecule has 1 rings (SSSR count). The van der Waals surface area contributed by atoms with Crippen molar-refractivity contribution in [3.63, 3.8) is 0 Å². The van der Waals surface area contributed by atoms with E-state index in [0.29, 0.717) is 6.04 Å². The van der Waals surface area contributed by atoms with Crippen molar-refractivity contribution in [3.8, 4) is 0 Å². The van der Waals surface area contributed by atoms with Gasteiger partial charge < -0.3 is 10.6 Å². The topological polar surface area (TPSA) is 39.7 Å². The molecule has 1 saturated carbocycles. The van der Waals surface area contributed by atoms with Crippen LogP contribution in [0, 0.1) is 0 Å². The number of hydrogen-bond acceptors (Lipinski definition) is 2. The molecule has 0 aromatic heterocycles. The predicted octanol–water partition coefficient (Wildman–Crippen LogP) is 2.05. The van der Waals surface area contributed by atoms with Crippen LogP contribution in [0.25, 0.3) is 0 Å². The minimum absolute atomic E-state index is 0. The summed E-state index contributed by atoms with van der Waals surface area (Å²) in [7, 11) is 4.05. The van der Waals surface area contributed by atoms with E-state index in [2.05, 4.69) is 41.4 Å². The molecule has 0 aliphatic heterocycles. The number of halogens is 1. The number of aliphatic imine (C=N–C) groups is 1. The average molecular weight is 368 g/mol. The van der Waals surface area contributed by atoms with Crippen molar-refractivity contribution in [1.29, 1.82) is 0 Å². The first-order valence-electron chi connectivity index (χ1n) is 6.85.